The molecule has 18 heavy (non-hydrogen) atoms. The Bertz CT molecular complexity index is 435. The molecule has 1 aromatic heterocycles. The standard InChI is InChI=1S/C14H20N2O2/c1-16-11-3-4-12(16)9-14(17,8-11)10-5-6-15-13(7-10)18-2/h5-7,11-12,17H,3-4,8-9H2,1-2H3. The molecule has 4 heteroatoms. The van der Waals surface area contributed by atoms with E-state index in [2.05, 4.69) is 16.9 Å². The minimum atomic E-state index is -0.714. The first-order valence-corrected chi connectivity index (χ1v) is 6.57. The van der Waals surface area contributed by atoms with Crippen LogP contribution in [0.25, 0.3) is 0 Å². The number of aromatic nitrogens is 1. The number of piperidine rings is 1. The summed E-state index contributed by atoms with van der Waals surface area (Å²) >= 11 is 0. The zero-order chi connectivity index (χ0) is 12.8. The number of hydrogen-bond donors (Lipinski definition) is 1. The van der Waals surface area contributed by atoms with E-state index in [0.717, 1.165) is 18.4 Å². The highest BCUT2D eigenvalue weighted by molar-refractivity contribution is 5.28. The Balaban J connectivity index is 1.91. The van der Waals surface area contributed by atoms with Gasteiger partial charge < -0.3 is 14.7 Å². The van der Waals surface area contributed by atoms with Crippen molar-refractivity contribution in [3.63, 3.8) is 0 Å². The Morgan fingerprint density at radius 3 is 2.67 bits per heavy atom. The molecule has 3 heterocycles. The van der Waals surface area contributed by atoms with Gasteiger partial charge >= 0.3 is 0 Å². The topological polar surface area (TPSA) is 45.6 Å². The lowest BCUT2D eigenvalue weighted by Crippen LogP contribution is -2.47. The van der Waals surface area contributed by atoms with Gasteiger partial charge in [0.15, 0.2) is 0 Å². The first-order chi connectivity index (χ1) is 8.62. The van der Waals surface area contributed by atoms with Crippen LogP contribution in [-0.2, 0) is 5.60 Å². The van der Waals surface area contributed by atoms with Crippen molar-refractivity contribution in [3.05, 3.63) is 23.9 Å². The second kappa shape index (κ2) is 4.21. The average molecular weight is 248 g/mol. The van der Waals surface area contributed by atoms with Gasteiger partial charge in [-0.1, -0.05) is 0 Å². The smallest absolute Gasteiger partial charge is 0.213 e. The summed E-state index contributed by atoms with van der Waals surface area (Å²) in [4.78, 5) is 6.53. The normalized spacial score (nSPS) is 35.7. The van der Waals surface area contributed by atoms with Crippen LogP contribution < -0.4 is 4.74 Å². The van der Waals surface area contributed by atoms with Gasteiger partial charge in [0.05, 0.1) is 12.7 Å². The number of hydrogen-bond acceptors (Lipinski definition) is 4. The van der Waals surface area contributed by atoms with Gasteiger partial charge in [-0.2, -0.15) is 0 Å². The third-order valence-electron chi connectivity index (χ3n) is 4.61. The Morgan fingerprint density at radius 2 is 2.06 bits per heavy atom. The van der Waals surface area contributed by atoms with Gasteiger partial charge in [0, 0.05) is 24.3 Å². The molecule has 0 radical (unpaired) electrons. The maximum Gasteiger partial charge on any atom is 0.213 e. The molecule has 1 aromatic rings. The predicted molar refractivity (Wildman–Crippen MR) is 68.5 cm³/mol. The fourth-order valence-corrected chi connectivity index (χ4v) is 3.49. The highest BCUT2D eigenvalue weighted by atomic mass is 16.5. The molecule has 0 aliphatic carbocycles. The van der Waals surface area contributed by atoms with Crippen LogP contribution in [-0.4, -0.2) is 41.2 Å². The molecule has 2 atom stereocenters. The van der Waals surface area contributed by atoms with Crippen LogP contribution in [0.4, 0.5) is 0 Å². The van der Waals surface area contributed by atoms with Crippen LogP contribution in [0.2, 0.25) is 0 Å². The molecule has 0 spiro atoms. The zero-order valence-corrected chi connectivity index (χ0v) is 11.0. The summed E-state index contributed by atoms with van der Waals surface area (Å²) in [6.07, 6.45) is 5.74. The van der Waals surface area contributed by atoms with Crippen molar-refractivity contribution in [2.45, 2.75) is 43.4 Å². The maximum absolute atomic E-state index is 11.0. The maximum atomic E-state index is 11.0. The molecular formula is C14H20N2O2. The number of aliphatic hydroxyl groups is 1. The molecule has 0 saturated carbocycles. The van der Waals surface area contributed by atoms with E-state index in [9.17, 15) is 5.11 Å². The van der Waals surface area contributed by atoms with Crippen molar-refractivity contribution in [1.29, 1.82) is 0 Å². The number of methoxy groups -OCH3 is 1. The summed E-state index contributed by atoms with van der Waals surface area (Å²) in [5.41, 5.74) is 0.230. The molecule has 2 fully saturated rings. The van der Waals surface area contributed by atoms with Gasteiger partial charge in [-0.25, -0.2) is 4.98 Å². The third-order valence-corrected chi connectivity index (χ3v) is 4.61. The number of pyridine rings is 1. The van der Waals surface area contributed by atoms with E-state index >= 15 is 0 Å². The van der Waals surface area contributed by atoms with Gasteiger partial charge in [0.1, 0.15) is 0 Å². The van der Waals surface area contributed by atoms with Crippen LogP contribution in [0.15, 0.2) is 18.3 Å². The zero-order valence-electron chi connectivity index (χ0n) is 11.0. The van der Waals surface area contributed by atoms with Gasteiger partial charge in [0.2, 0.25) is 5.88 Å². The molecule has 2 bridgehead atoms. The van der Waals surface area contributed by atoms with Crippen molar-refractivity contribution < 1.29 is 9.84 Å². The van der Waals surface area contributed by atoms with Crippen LogP contribution in [0, 0.1) is 0 Å². The lowest BCUT2D eigenvalue weighted by atomic mass is 9.81. The quantitative estimate of drug-likeness (QED) is 0.862. The summed E-state index contributed by atoms with van der Waals surface area (Å²) in [6, 6.07) is 4.79. The SMILES string of the molecule is COc1cc(C2(O)CC3CCC(C2)N3C)ccn1. The second-order valence-corrected chi connectivity index (χ2v) is 5.58. The Labute approximate surface area is 108 Å². The minimum Gasteiger partial charge on any atom is -0.481 e. The van der Waals surface area contributed by atoms with Crippen LogP contribution in [0.1, 0.15) is 31.2 Å². The van der Waals surface area contributed by atoms with Gasteiger partial charge in [-0.3, -0.25) is 0 Å². The van der Waals surface area contributed by atoms with E-state index in [1.54, 1.807) is 13.3 Å². The van der Waals surface area contributed by atoms with Gasteiger partial charge in [-0.05, 0) is 44.4 Å². The summed E-state index contributed by atoms with van der Waals surface area (Å²) in [5, 5.41) is 11.0. The van der Waals surface area contributed by atoms with Crippen molar-refractivity contribution in [3.8, 4) is 5.88 Å². The van der Waals surface area contributed by atoms with Crippen molar-refractivity contribution in [1.82, 2.24) is 9.88 Å². The van der Waals surface area contributed by atoms with E-state index in [0.29, 0.717) is 18.0 Å². The largest absolute Gasteiger partial charge is 0.481 e. The predicted octanol–water partition coefficient (Wildman–Crippen LogP) is 1.53. The van der Waals surface area contributed by atoms with Crippen LogP contribution in [0.5, 0.6) is 5.88 Å². The van der Waals surface area contributed by atoms with Gasteiger partial charge in [-0.15, -0.1) is 0 Å². The Morgan fingerprint density at radius 1 is 1.39 bits per heavy atom. The molecule has 2 aliphatic rings. The molecule has 2 saturated heterocycles. The van der Waals surface area contributed by atoms with Crippen molar-refractivity contribution in [2.24, 2.45) is 0 Å². The molecule has 0 amide bonds. The lowest BCUT2D eigenvalue weighted by molar-refractivity contribution is -0.0495. The minimum absolute atomic E-state index is 0.507. The molecule has 98 valence electrons. The van der Waals surface area contributed by atoms with Crippen LogP contribution in [0.3, 0.4) is 0 Å². The van der Waals surface area contributed by atoms with Crippen LogP contribution >= 0.6 is 0 Å². The summed E-state index contributed by atoms with van der Waals surface area (Å²) < 4.78 is 5.15. The van der Waals surface area contributed by atoms with E-state index in [-0.39, 0.29) is 0 Å². The first kappa shape index (κ1) is 11.9. The fraction of sp³-hybridized carbons (Fsp3) is 0.643. The number of fused-ring (bicyclic) bond motifs is 2. The molecule has 0 aromatic carbocycles. The van der Waals surface area contributed by atoms with Crippen molar-refractivity contribution in [2.75, 3.05) is 14.2 Å². The molecule has 1 N–H and O–H groups in total. The number of rotatable bonds is 2. The molecule has 3 rings (SSSR count). The summed E-state index contributed by atoms with van der Waals surface area (Å²) in [6.45, 7) is 0. The Hall–Kier alpha value is -1.13. The summed E-state index contributed by atoms with van der Waals surface area (Å²) in [7, 11) is 3.78. The summed E-state index contributed by atoms with van der Waals surface area (Å²) in [5.74, 6) is 0.576. The van der Waals surface area contributed by atoms with E-state index < -0.39 is 5.60 Å². The molecule has 4 nitrogen and oxygen atoms in total. The monoisotopic (exact) mass is 248 g/mol. The lowest BCUT2D eigenvalue weighted by Gasteiger charge is -2.42. The van der Waals surface area contributed by atoms with E-state index in [1.165, 1.54) is 12.8 Å². The van der Waals surface area contributed by atoms with Gasteiger partial charge in [0.25, 0.3) is 0 Å². The second-order valence-electron chi connectivity index (χ2n) is 5.58. The highest BCUT2D eigenvalue weighted by Gasteiger charge is 2.46. The first-order valence-electron chi connectivity index (χ1n) is 6.57. The van der Waals surface area contributed by atoms with Crippen molar-refractivity contribution >= 4 is 0 Å². The fourth-order valence-electron chi connectivity index (χ4n) is 3.49. The Kier molecular flexibility index (Phi) is 2.79. The molecule has 2 unspecified atom stereocenters. The average Bonchev–Trinajstić information content (AvgIpc) is 2.63. The molecule has 2 aliphatic heterocycles. The number of ether oxygens (including phenoxy) is 1. The van der Waals surface area contributed by atoms with E-state index in [1.807, 2.05) is 12.1 Å². The van der Waals surface area contributed by atoms with E-state index in [4.69, 9.17) is 4.74 Å². The third kappa shape index (κ3) is 1.80. The highest BCUT2D eigenvalue weighted by Crippen LogP contribution is 2.45. The molecular weight excluding hydrogens is 228 g/mol. The number of nitrogens with zero attached hydrogens (tertiary/aromatic N) is 2.